The maximum Gasteiger partial charge on any atom is 0.357 e. The van der Waals surface area contributed by atoms with E-state index < -0.39 is 18.5 Å². The van der Waals surface area contributed by atoms with Gasteiger partial charge < -0.3 is 15.0 Å². The van der Waals surface area contributed by atoms with Crippen molar-refractivity contribution in [3.63, 3.8) is 0 Å². The van der Waals surface area contributed by atoms with E-state index in [0.717, 1.165) is 17.5 Å². The molecule has 1 aliphatic heterocycles. The molecule has 4 rings (SSSR count). The zero-order chi connectivity index (χ0) is 20.2. The van der Waals surface area contributed by atoms with Crippen LogP contribution >= 0.6 is 0 Å². The monoisotopic (exact) mass is 389 g/mol. The van der Waals surface area contributed by atoms with Gasteiger partial charge >= 0.3 is 5.97 Å². The number of benzene rings is 2. The number of hydrogen-bond donors (Lipinski definition) is 1. The number of fused-ring (bicyclic) bond motifs is 1. The number of amides is 2. The van der Waals surface area contributed by atoms with Gasteiger partial charge in [-0.25, -0.2) is 9.78 Å². The topological polar surface area (TPSA) is 88.6 Å². The number of nitrogens with zero attached hydrogens (tertiary/aromatic N) is 2. The molecule has 29 heavy (non-hydrogen) atoms. The van der Waals surface area contributed by atoms with Gasteiger partial charge in [0.1, 0.15) is 5.69 Å². The quantitative estimate of drug-likeness (QED) is 0.677. The number of para-hydroxylation sites is 1. The van der Waals surface area contributed by atoms with Gasteiger partial charge in [-0.1, -0.05) is 24.3 Å². The van der Waals surface area contributed by atoms with Crippen molar-refractivity contribution < 1.29 is 19.1 Å². The zero-order valence-electron chi connectivity index (χ0n) is 15.6. The number of carbonyl (C=O) groups excluding carboxylic acids is 3. The minimum absolute atomic E-state index is 0.107. The van der Waals surface area contributed by atoms with Crippen molar-refractivity contribution in [3.05, 3.63) is 66.4 Å². The largest absolute Gasteiger partial charge is 0.451 e. The van der Waals surface area contributed by atoms with Gasteiger partial charge in [-0.05, 0) is 42.8 Å². The van der Waals surface area contributed by atoms with Gasteiger partial charge in [-0.2, -0.15) is 0 Å². The van der Waals surface area contributed by atoms with Crippen LogP contribution in [0, 0.1) is 0 Å². The molecular weight excluding hydrogens is 370 g/mol. The second-order valence-corrected chi connectivity index (χ2v) is 6.71. The van der Waals surface area contributed by atoms with E-state index >= 15 is 0 Å². The molecule has 7 heteroatoms. The van der Waals surface area contributed by atoms with E-state index in [-0.39, 0.29) is 11.6 Å². The number of nitrogens with one attached hydrogen (secondary N) is 1. The highest BCUT2D eigenvalue weighted by Gasteiger charge is 2.21. The second-order valence-electron chi connectivity index (χ2n) is 6.71. The van der Waals surface area contributed by atoms with Crippen LogP contribution in [-0.2, 0) is 14.3 Å². The molecule has 2 aromatic carbocycles. The van der Waals surface area contributed by atoms with Crippen molar-refractivity contribution in [2.45, 2.75) is 12.8 Å². The van der Waals surface area contributed by atoms with Crippen LogP contribution in [0.4, 0.5) is 11.4 Å². The van der Waals surface area contributed by atoms with E-state index in [1.807, 2.05) is 18.2 Å². The molecule has 1 aromatic heterocycles. The molecule has 2 heterocycles. The molecule has 3 aromatic rings. The minimum Gasteiger partial charge on any atom is -0.451 e. The number of esters is 1. The summed E-state index contributed by atoms with van der Waals surface area (Å²) in [4.78, 5) is 42.0. The van der Waals surface area contributed by atoms with E-state index in [9.17, 15) is 14.4 Å². The van der Waals surface area contributed by atoms with Crippen molar-refractivity contribution in [1.29, 1.82) is 0 Å². The molecule has 0 atom stereocenters. The molecule has 0 unspecified atom stereocenters. The number of rotatable bonds is 5. The Morgan fingerprint density at radius 2 is 1.83 bits per heavy atom. The van der Waals surface area contributed by atoms with Crippen LogP contribution in [0.2, 0.25) is 0 Å². The summed E-state index contributed by atoms with van der Waals surface area (Å²) in [5, 5.41) is 3.58. The van der Waals surface area contributed by atoms with Crippen LogP contribution in [0.3, 0.4) is 0 Å². The normalized spacial score (nSPS) is 13.5. The van der Waals surface area contributed by atoms with Crippen LogP contribution in [0.5, 0.6) is 0 Å². The maximum atomic E-state index is 12.2. The number of aromatic nitrogens is 1. The predicted octanol–water partition coefficient (Wildman–Crippen LogP) is 3.16. The lowest BCUT2D eigenvalue weighted by molar-refractivity contribution is -0.119. The Kier molecular flexibility index (Phi) is 5.20. The van der Waals surface area contributed by atoms with E-state index in [1.165, 1.54) is 0 Å². The highest BCUT2D eigenvalue weighted by molar-refractivity contribution is 5.97. The summed E-state index contributed by atoms with van der Waals surface area (Å²) in [6.45, 7) is 0.295. The van der Waals surface area contributed by atoms with Gasteiger partial charge in [0, 0.05) is 29.7 Å². The molecule has 1 saturated heterocycles. The zero-order valence-corrected chi connectivity index (χ0v) is 15.6. The summed E-state index contributed by atoms with van der Waals surface area (Å²) in [7, 11) is 0. The lowest BCUT2D eigenvalue weighted by atomic mass is 10.2. The Morgan fingerprint density at radius 1 is 1.03 bits per heavy atom. The summed E-state index contributed by atoms with van der Waals surface area (Å²) in [5.41, 5.74) is 2.20. The van der Waals surface area contributed by atoms with Gasteiger partial charge in [-0.15, -0.1) is 0 Å². The maximum absolute atomic E-state index is 12.2. The number of anilines is 2. The van der Waals surface area contributed by atoms with E-state index in [2.05, 4.69) is 10.3 Å². The summed E-state index contributed by atoms with van der Waals surface area (Å²) >= 11 is 0. The first-order valence-electron chi connectivity index (χ1n) is 9.33. The molecule has 1 N–H and O–H groups in total. The van der Waals surface area contributed by atoms with Crippen molar-refractivity contribution in [2.24, 2.45) is 0 Å². The highest BCUT2D eigenvalue weighted by atomic mass is 16.5. The van der Waals surface area contributed by atoms with Crippen LogP contribution in [0.1, 0.15) is 23.3 Å². The highest BCUT2D eigenvalue weighted by Crippen LogP contribution is 2.23. The van der Waals surface area contributed by atoms with Gasteiger partial charge in [0.05, 0.1) is 5.52 Å². The Morgan fingerprint density at radius 3 is 2.59 bits per heavy atom. The molecule has 0 aliphatic carbocycles. The molecule has 1 fully saturated rings. The molecule has 0 spiro atoms. The van der Waals surface area contributed by atoms with E-state index in [4.69, 9.17) is 4.74 Å². The number of ether oxygens (including phenoxy) is 1. The van der Waals surface area contributed by atoms with Crippen LogP contribution in [-0.4, -0.2) is 35.9 Å². The molecule has 1 aliphatic rings. The molecule has 0 saturated carbocycles. The Labute approximate surface area is 167 Å². The third kappa shape index (κ3) is 4.24. The second kappa shape index (κ2) is 8.10. The Hall–Kier alpha value is -3.74. The summed E-state index contributed by atoms with van der Waals surface area (Å²) in [5.74, 6) is -1.01. The fraction of sp³-hybridized carbons (Fsp3) is 0.182. The van der Waals surface area contributed by atoms with E-state index in [1.54, 1.807) is 47.4 Å². The van der Waals surface area contributed by atoms with Crippen molar-refractivity contribution in [2.75, 3.05) is 23.4 Å². The standard InChI is InChI=1S/C22H19N3O4/c26-20(23-16-8-10-17(11-9-16)25-13-3-6-21(25)27)14-29-22(28)19-12-7-15-4-1-2-5-18(15)24-19/h1-2,4-5,7-12H,3,6,13-14H2,(H,23,26). The third-order valence-corrected chi connectivity index (χ3v) is 4.68. The van der Waals surface area contributed by atoms with E-state index in [0.29, 0.717) is 24.2 Å². The molecule has 7 nitrogen and oxygen atoms in total. The molecule has 0 radical (unpaired) electrons. The fourth-order valence-electron chi connectivity index (χ4n) is 3.23. The Bertz CT molecular complexity index is 1080. The molecule has 0 bridgehead atoms. The first kappa shape index (κ1) is 18.6. The van der Waals surface area contributed by atoms with Gasteiger partial charge in [0.15, 0.2) is 6.61 Å². The molecule has 146 valence electrons. The van der Waals surface area contributed by atoms with Gasteiger partial charge in [0.2, 0.25) is 5.91 Å². The lowest BCUT2D eigenvalue weighted by Crippen LogP contribution is -2.24. The van der Waals surface area contributed by atoms with Gasteiger partial charge in [-0.3, -0.25) is 9.59 Å². The number of carbonyl (C=O) groups is 3. The Balaban J connectivity index is 1.32. The van der Waals surface area contributed by atoms with Gasteiger partial charge in [0.25, 0.3) is 5.91 Å². The summed E-state index contributed by atoms with van der Waals surface area (Å²) < 4.78 is 5.06. The van der Waals surface area contributed by atoms with Crippen molar-refractivity contribution in [3.8, 4) is 0 Å². The lowest BCUT2D eigenvalue weighted by Gasteiger charge is -2.16. The molecule has 2 amide bonds. The van der Waals surface area contributed by atoms with Crippen LogP contribution in [0.25, 0.3) is 10.9 Å². The van der Waals surface area contributed by atoms with Crippen molar-refractivity contribution in [1.82, 2.24) is 4.98 Å². The third-order valence-electron chi connectivity index (χ3n) is 4.68. The van der Waals surface area contributed by atoms with Crippen LogP contribution in [0.15, 0.2) is 60.7 Å². The average Bonchev–Trinajstić information content (AvgIpc) is 3.18. The first-order chi connectivity index (χ1) is 14.1. The van der Waals surface area contributed by atoms with Crippen molar-refractivity contribution >= 4 is 40.1 Å². The minimum atomic E-state index is -0.659. The first-order valence-corrected chi connectivity index (χ1v) is 9.33. The van der Waals surface area contributed by atoms with Crippen LogP contribution < -0.4 is 10.2 Å². The summed E-state index contributed by atoms with van der Waals surface area (Å²) in [6.07, 6.45) is 1.42. The SMILES string of the molecule is O=C(COC(=O)c1ccc2ccccc2n1)Nc1ccc(N2CCCC2=O)cc1. The fourth-order valence-corrected chi connectivity index (χ4v) is 3.23. The average molecular weight is 389 g/mol. The number of pyridine rings is 1. The molecular formula is C22H19N3O4. The number of hydrogen-bond acceptors (Lipinski definition) is 5. The predicted molar refractivity (Wildman–Crippen MR) is 109 cm³/mol. The smallest absolute Gasteiger partial charge is 0.357 e. The summed E-state index contributed by atoms with van der Waals surface area (Å²) in [6, 6.07) is 17.8.